The normalized spacial score (nSPS) is 10.1. The van der Waals surface area contributed by atoms with Crippen molar-refractivity contribution in [2.24, 2.45) is 0 Å². The van der Waals surface area contributed by atoms with Gasteiger partial charge >= 0.3 is 0 Å². The Morgan fingerprint density at radius 3 is 2.67 bits per heavy atom. The highest BCUT2D eigenvalue weighted by molar-refractivity contribution is 7.19. The van der Waals surface area contributed by atoms with Crippen molar-refractivity contribution >= 4 is 22.9 Å². The Balaban J connectivity index is 2.45. The van der Waals surface area contributed by atoms with Crippen molar-refractivity contribution in [3.63, 3.8) is 0 Å². The maximum Gasteiger partial charge on any atom is 0.0935 e. The SMILES string of the molecule is Clc1ccc(-c2ccccn2)s1. The van der Waals surface area contributed by atoms with Gasteiger partial charge in [0.25, 0.3) is 0 Å². The molecule has 0 radical (unpaired) electrons. The molecule has 0 unspecified atom stereocenters. The molecule has 12 heavy (non-hydrogen) atoms. The van der Waals surface area contributed by atoms with Gasteiger partial charge in [0.15, 0.2) is 0 Å². The maximum absolute atomic E-state index is 5.80. The van der Waals surface area contributed by atoms with Gasteiger partial charge in [0, 0.05) is 6.20 Å². The minimum Gasteiger partial charge on any atom is -0.255 e. The Kier molecular flexibility index (Phi) is 2.11. The number of thiophene rings is 1. The molecule has 0 amide bonds. The summed E-state index contributed by atoms with van der Waals surface area (Å²) in [6.45, 7) is 0. The number of pyridine rings is 1. The maximum atomic E-state index is 5.80. The molecular formula is C9H6ClNS. The predicted octanol–water partition coefficient (Wildman–Crippen LogP) is 3.46. The van der Waals surface area contributed by atoms with Gasteiger partial charge in [0.05, 0.1) is 14.9 Å². The second-order valence-electron chi connectivity index (χ2n) is 2.32. The van der Waals surface area contributed by atoms with E-state index in [1.54, 1.807) is 17.5 Å². The monoisotopic (exact) mass is 195 g/mol. The lowest BCUT2D eigenvalue weighted by Crippen LogP contribution is -1.75. The van der Waals surface area contributed by atoms with Crippen LogP contribution < -0.4 is 0 Å². The zero-order valence-corrected chi connectivity index (χ0v) is 7.77. The number of rotatable bonds is 1. The number of halogens is 1. The minimum absolute atomic E-state index is 0.802. The Morgan fingerprint density at radius 1 is 1.17 bits per heavy atom. The van der Waals surface area contributed by atoms with Crippen molar-refractivity contribution in [1.82, 2.24) is 4.98 Å². The molecule has 0 bridgehead atoms. The quantitative estimate of drug-likeness (QED) is 0.679. The van der Waals surface area contributed by atoms with Crippen LogP contribution >= 0.6 is 22.9 Å². The van der Waals surface area contributed by atoms with Crippen LogP contribution in [-0.4, -0.2) is 4.98 Å². The summed E-state index contributed by atoms with van der Waals surface area (Å²) in [5, 5.41) is 0. The molecule has 0 aliphatic rings. The fraction of sp³-hybridized carbons (Fsp3) is 0. The summed E-state index contributed by atoms with van der Waals surface area (Å²) in [6.07, 6.45) is 1.78. The van der Waals surface area contributed by atoms with Gasteiger partial charge in [-0.05, 0) is 24.3 Å². The largest absolute Gasteiger partial charge is 0.255 e. The van der Waals surface area contributed by atoms with Crippen molar-refractivity contribution in [3.05, 3.63) is 40.9 Å². The first-order valence-corrected chi connectivity index (χ1v) is 4.72. The van der Waals surface area contributed by atoms with Gasteiger partial charge in [-0.15, -0.1) is 11.3 Å². The summed E-state index contributed by atoms with van der Waals surface area (Å²) in [5.41, 5.74) is 0.981. The number of hydrogen-bond acceptors (Lipinski definition) is 2. The highest BCUT2D eigenvalue weighted by Gasteiger charge is 2.00. The van der Waals surface area contributed by atoms with Crippen LogP contribution in [0.25, 0.3) is 10.6 Å². The highest BCUT2D eigenvalue weighted by Crippen LogP contribution is 2.29. The lowest BCUT2D eigenvalue weighted by molar-refractivity contribution is 1.34. The standard InChI is InChI=1S/C9H6ClNS/c10-9-5-4-8(12-9)7-3-1-2-6-11-7/h1-6H. The molecular weight excluding hydrogens is 190 g/mol. The van der Waals surface area contributed by atoms with Crippen LogP contribution in [0.15, 0.2) is 36.5 Å². The Hall–Kier alpha value is -0.860. The molecule has 0 atom stereocenters. The number of aromatic nitrogens is 1. The molecule has 0 fully saturated rings. The van der Waals surface area contributed by atoms with Crippen LogP contribution in [0.3, 0.4) is 0 Å². The molecule has 2 aromatic rings. The third-order valence-electron chi connectivity index (χ3n) is 1.49. The van der Waals surface area contributed by atoms with Gasteiger partial charge < -0.3 is 0 Å². The zero-order valence-electron chi connectivity index (χ0n) is 6.20. The van der Waals surface area contributed by atoms with Crippen LogP contribution in [0.2, 0.25) is 4.34 Å². The van der Waals surface area contributed by atoms with Crippen LogP contribution in [0, 0.1) is 0 Å². The molecule has 2 rings (SSSR count). The van der Waals surface area contributed by atoms with Crippen molar-refractivity contribution in [1.29, 1.82) is 0 Å². The molecule has 0 N–H and O–H groups in total. The fourth-order valence-electron chi connectivity index (χ4n) is 0.960. The number of nitrogens with zero attached hydrogens (tertiary/aromatic N) is 1. The van der Waals surface area contributed by atoms with E-state index in [-0.39, 0.29) is 0 Å². The molecule has 0 saturated carbocycles. The van der Waals surface area contributed by atoms with Gasteiger partial charge in [-0.2, -0.15) is 0 Å². The smallest absolute Gasteiger partial charge is 0.0935 e. The van der Waals surface area contributed by atoms with E-state index in [2.05, 4.69) is 4.98 Å². The van der Waals surface area contributed by atoms with Gasteiger partial charge in [-0.25, -0.2) is 0 Å². The summed E-state index contributed by atoms with van der Waals surface area (Å²) >= 11 is 7.34. The molecule has 3 heteroatoms. The fourth-order valence-corrected chi connectivity index (χ4v) is 1.98. The average molecular weight is 196 g/mol. The first-order valence-electron chi connectivity index (χ1n) is 3.53. The van der Waals surface area contributed by atoms with Crippen molar-refractivity contribution in [2.75, 3.05) is 0 Å². The van der Waals surface area contributed by atoms with Gasteiger partial charge in [0.2, 0.25) is 0 Å². The lowest BCUT2D eigenvalue weighted by atomic mass is 10.3. The Bertz CT molecular complexity index is 369. The van der Waals surface area contributed by atoms with Crippen molar-refractivity contribution < 1.29 is 0 Å². The molecule has 2 heterocycles. The highest BCUT2D eigenvalue weighted by atomic mass is 35.5. The van der Waals surface area contributed by atoms with Crippen LogP contribution in [0.5, 0.6) is 0 Å². The van der Waals surface area contributed by atoms with E-state index in [4.69, 9.17) is 11.6 Å². The summed E-state index contributed by atoms with van der Waals surface area (Å²) < 4.78 is 0.802. The average Bonchev–Trinajstić information content (AvgIpc) is 2.54. The topological polar surface area (TPSA) is 12.9 Å². The van der Waals surface area contributed by atoms with E-state index in [1.807, 2.05) is 30.3 Å². The van der Waals surface area contributed by atoms with Gasteiger partial charge in [-0.3, -0.25) is 4.98 Å². The first kappa shape index (κ1) is 7.77. The van der Waals surface area contributed by atoms with Gasteiger partial charge in [-0.1, -0.05) is 17.7 Å². The minimum atomic E-state index is 0.802. The Morgan fingerprint density at radius 2 is 2.08 bits per heavy atom. The molecule has 1 nitrogen and oxygen atoms in total. The van der Waals surface area contributed by atoms with Crippen LogP contribution in [0.4, 0.5) is 0 Å². The van der Waals surface area contributed by atoms with E-state index in [9.17, 15) is 0 Å². The molecule has 60 valence electrons. The third kappa shape index (κ3) is 1.49. The van der Waals surface area contributed by atoms with Gasteiger partial charge in [0.1, 0.15) is 0 Å². The summed E-state index contributed by atoms with van der Waals surface area (Å²) in [4.78, 5) is 5.33. The molecule has 2 aromatic heterocycles. The predicted molar refractivity (Wildman–Crippen MR) is 52.6 cm³/mol. The number of hydrogen-bond donors (Lipinski definition) is 0. The summed E-state index contributed by atoms with van der Waals surface area (Å²) in [5.74, 6) is 0. The van der Waals surface area contributed by atoms with E-state index in [0.29, 0.717) is 0 Å². The lowest BCUT2D eigenvalue weighted by Gasteiger charge is -1.92. The van der Waals surface area contributed by atoms with E-state index in [1.165, 1.54) is 0 Å². The molecule has 0 aliphatic carbocycles. The molecule has 0 saturated heterocycles. The molecule has 0 aromatic carbocycles. The zero-order chi connectivity index (χ0) is 8.39. The van der Waals surface area contributed by atoms with E-state index < -0.39 is 0 Å². The Labute approximate surface area is 79.7 Å². The molecule has 0 aliphatic heterocycles. The van der Waals surface area contributed by atoms with Crippen LogP contribution in [0.1, 0.15) is 0 Å². The second-order valence-corrected chi connectivity index (χ2v) is 4.03. The van der Waals surface area contributed by atoms with Crippen molar-refractivity contribution in [2.45, 2.75) is 0 Å². The first-order chi connectivity index (χ1) is 5.86. The third-order valence-corrected chi connectivity index (χ3v) is 2.74. The molecule has 0 spiro atoms. The van der Waals surface area contributed by atoms with E-state index in [0.717, 1.165) is 14.9 Å². The van der Waals surface area contributed by atoms with Crippen LogP contribution in [-0.2, 0) is 0 Å². The summed E-state index contributed by atoms with van der Waals surface area (Å²) in [6, 6.07) is 9.71. The summed E-state index contributed by atoms with van der Waals surface area (Å²) in [7, 11) is 0. The van der Waals surface area contributed by atoms with Crippen molar-refractivity contribution in [3.8, 4) is 10.6 Å². The van der Waals surface area contributed by atoms with E-state index >= 15 is 0 Å². The second kappa shape index (κ2) is 3.25.